The van der Waals surface area contributed by atoms with Crippen molar-refractivity contribution in [3.05, 3.63) is 53.1 Å². The maximum atomic E-state index is 13.8. The van der Waals surface area contributed by atoms with Crippen molar-refractivity contribution in [1.29, 1.82) is 0 Å². The van der Waals surface area contributed by atoms with E-state index >= 15 is 0 Å². The molecule has 1 aromatic rings. The summed E-state index contributed by atoms with van der Waals surface area (Å²) in [6.07, 6.45) is 0.592. The second-order valence-corrected chi connectivity index (χ2v) is 11.0. The van der Waals surface area contributed by atoms with Crippen LogP contribution in [0.15, 0.2) is 42.0 Å². The van der Waals surface area contributed by atoms with E-state index in [-0.39, 0.29) is 30.2 Å². The Labute approximate surface area is 222 Å². The molecule has 1 unspecified atom stereocenters. The quantitative estimate of drug-likeness (QED) is 0.352. The van der Waals surface area contributed by atoms with Crippen LogP contribution in [-0.4, -0.2) is 42.9 Å². The summed E-state index contributed by atoms with van der Waals surface area (Å²) in [7, 11) is 1.28. The summed E-state index contributed by atoms with van der Waals surface area (Å²) in [6, 6.07) is 2.42. The average molecular weight is 535 g/mol. The summed E-state index contributed by atoms with van der Waals surface area (Å²) in [5.41, 5.74) is 1.97. The number of carbonyl (C=O) groups is 2. The molecule has 1 aliphatic heterocycles. The summed E-state index contributed by atoms with van der Waals surface area (Å²) in [6.45, 7) is 9.79. The van der Waals surface area contributed by atoms with Gasteiger partial charge in [-0.2, -0.15) is 13.2 Å². The molecule has 2 amide bonds. The maximum Gasteiger partial charge on any atom is 0.416 e. The molecule has 6 nitrogen and oxygen atoms in total. The minimum absolute atomic E-state index is 0.192. The number of rotatable bonds is 6. The second kappa shape index (κ2) is 11.0. The molecule has 0 saturated heterocycles. The smallest absolute Gasteiger partial charge is 0.416 e. The molecule has 3 atom stereocenters. The van der Waals surface area contributed by atoms with Gasteiger partial charge in [-0.05, 0) is 94.9 Å². The molecule has 0 radical (unpaired) electrons. The van der Waals surface area contributed by atoms with Crippen LogP contribution in [0, 0.1) is 11.8 Å². The van der Waals surface area contributed by atoms with Gasteiger partial charge in [0.1, 0.15) is 0 Å². The van der Waals surface area contributed by atoms with E-state index in [9.17, 15) is 22.8 Å². The van der Waals surface area contributed by atoms with Crippen molar-refractivity contribution in [1.82, 2.24) is 4.90 Å². The number of ether oxygens (including phenoxy) is 2. The lowest BCUT2D eigenvalue weighted by molar-refractivity contribution is -0.137. The number of amides is 2. The van der Waals surface area contributed by atoms with Crippen molar-refractivity contribution in [2.75, 3.05) is 18.6 Å². The number of anilines is 1. The van der Waals surface area contributed by atoms with Crippen LogP contribution < -0.4 is 4.90 Å². The van der Waals surface area contributed by atoms with Gasteiger partial charge in [-0.25, -0.2) is 9.59 Å². The summed E-state index contributed by atoms with van der Waals surface area (Å²) < 4.78 is 52.1. The Morgan fingerprint density at radius 2 is 1.92 bits per heavy atom. The number of fused-ring (bicyclic) bond motifs is 1. The number of halogens is 3. The number of carbonyl (C=O) groups excluding carboxylic acids is 2. The molecule has 4 rings (SSSR count). The molecule has 0 bridgehead atoms. The largest absolute Gasteiger partial charge is 0.453 e. The number of nitrogens with zero attached hydrogens (tertiary/aromatic N) is 2. The molecule has 1 heterocycles. The van der Waals surface area contributed by atoms with Gasteiger partial charge < -0.3 is 9.47 Å². The zero-order valence-corrected chi connectivity index (χ0v) is 22.5. The van der Waals surface area contributed by atoms with Crippen molar-refractivity contribution in [3.63, 3.8) is 0 Å². The Morgan fingerprint density at radius 1 is 1.21 bits per heavy atom. The van der Waals surface area contributed by atoms with Crippen LogP contribution in [0.4, 0.5) is 28.4 Å². The molecule has 0 aromatic heterocycles. The molecule has 9 heteroatoms. The van der Waals surface area contributed by atoms with Gasteiger partial charge in [0.05, 0.1) is 30.5 Å². The molecular formula is C29H37F3N2O4. The number of alkyl halides is 3. The minimum atomic E-state index is -4.57. The third kappa shape index (κ3) is 6.02. The van der Waals surface area contributed by atoms with Crippen molar-refractivity contribution in [2.24, 2.45) is 11.8 Å². The van der Waals surface area contributed by atoms with Gasteiger partial charge in [-0.3, -0.25) is 9.80 Å². The molecular weight excluding hydrogens is 497 g/mol. The van der Waals surface area contributed by atoms with Gasteiger partial charge in [0.2, 0.25) is 0 Å². The Kier molecular flexibility index (Phi) is 8.14. The first-order valence-corrected chi connectivity index (χ1v) is 13.3. The monoisotopic (exact) mass is 534 g/mol. The van der Waals surface area contributed by atoms with Gasteiger partial charge in [0.15, 0.2) is 0 Å². The SMILES string of the molecule is C=C(C)C1CC=C(CN(C(=O)OC)[C@H]2C[C@@H](C3CC3)N(C(=O)OC(C)C)c3ccc(C(F)(F)F)cc32)CC1. The second-order valence-electron chi connectivity index (χ2n) is 11.0. The molecule has 1 fully saturated rings. The normalized spacial score (nSPS) is 23.4. The molecule has 1 aromatic carbocycles. The van der Waals surface area contributed by atoms with Crippen LogP contribution in [-0.2, 0) is 15.7 Å². The lowest BCUT2D eigenvalue weighted by Gasteiger charge is -2.44. The van der Waals surface area contributed by atoms with Crippen LogP contribution in [0.5, 0.6) is 0 Å². The number of hydrogen-bond donors (Lipinski definition) is 0. The van der Waals surface area contributed by atoms with Gasteiger partial charge in [0.25, 0.3) is 0 Å². The third-order valence-electron chi connectivity index (χ3n) is 7.83. The van der Waals surface area contributed by atoms with Gasteiger partial charge in [-0.1, -0.05) is 23.8 Å². The number of allylic oxidation sites excluding steroid dienone is 2. The van der Waals surface area contributed by atoms with Crippen molar-refractivity contribution in [2.45, 2.75) is 83.7 Å². The topological polar surface area (TPSA) is 59.1 Å². The Morgan fingerprint density at radius 3 is 2.45 bits per heavy atom. The average Bonchev–Trinajstić information content (AvgIpc) is 3.70. The predicted octanol–water partition coefficient (Wildman–Crippen LogP) is 7.65. The van der Waals surface area contributed by atoms with Crippen molar-refractivity contribution >= 4 is 17.9 Å². The lowest BCUT2D eigenvalue weighted by atomic mass is 9.84. The first-order chi connectivity index (χ1) is 17.9. The molecule has 0 N–H and O–H groups in total. The highest BCUT2D eigenvalue weighted by molar-refractivity contribution is 5.91. The highest BCUT2D eigenvalue weighted by Crippen LogP contribution is 2.50. The van der Waals surface area contributed by atoms with Gasteiger partial charge in [0, 0.05) is 12.6 Å². The molecule has 0 spiro atoms. The van der Waals surface area contributed by atoms with Gasteiger partial charge >= 0.3 is 18.4 Å². The fraction of sp³-hybridized carbons (Fsp3) is 0.586. The van der Waals surface area contributed by atoms with Crippen molar-refractivity contribution < 1.29 is 32.2 Å². The fourth-order valence-electron chi connectivity index (χ4n) is 5.65. The van der Waals surface area contributed by atoms with E-state index in [2.05, 4.69) is 12.7 Å². The summed E-state index contributed by atoms with van der Waals surface area (Å²) >= 11 is 0. The van der Waals surface area contributed by atoms with Crippen LogP contribution in [0.25, 0.3) is 0 Å². The fourth-order valence-corrected chi connectivity index (χ4v) is 5.65. The minimum Gasteiger partial charge on any atom is -0.453 e. The number of methoxy groups -OCH3 is 1. The van der Waals surface area contributed by atoms with E-state index in [4.69, 9.17) is 9.47 Å². The Balaban J connectivity index is 1.77. The van der Waals surface area contributed by atoms with E-state index in [0.29, 0.717) is 18.0 Å². The van der Waals surface area contributed by atoms with Crippen LogP contribution in [0.3, 0.4) is 0 Å². The summed E-state index contributed by atoms with van der Waals surface area (Å²) in [5.74, 6) is 0.576. The highest BCUT2D eigenvalue weighted by Gasteiger charge is 2.48. The molecule has 208 valence electrons. The Hall–Kier alpha value is -2.97. The van der Waals surface area contributed by atoms with Crippen LogP contribution in [0.1, 0.15) is 76.5 Å². The molecule has 38 heavy (non-hydrogen) atoms. The first-order valence-electron chi connectivity index (χ1n) is 13.3. The summed E-state index contributed by atoms with van der Waals surface area (Å²) in [4.78, 5) is 29.4. The standard InChI is InChI=1S/C29H37F3N2O4/c1-17(2)20-8-6-19(7-9-20)16-33(27(35)37-5)26-15-25(21-10-11-21)34(28(36)38-18(3)4)24-13-12-22(14-23(24)26)29(30,31)32/h6,12-14,18,20-21,25-26H,1,7-11,15-16H2,2-5H3/t20?,25-,26-/m0/s1. The number of hydrogen-bond acceptors (Lipinski definition) is 4. The van der Waals surface area contributed by atoms with Crippen molar-refractivity contribution in [3.8, 4) is 0 Å². The third-order valence-corrected chi connectivity index (χ3v) is 7.83. The lowest BCUT2D eigenvalue weighted by Crippen LogP contribution is -2.50. The predicted molar refractivity (Wildman–Crippen MR) is 139 cm³/mol. The maximum absolute atomic E-state index is 13.8. The zero-order chi connectivity index (χ0) is 27.8. The van der Waals surface area contributed by atoms with E-state index in [1.807, 2.05) is 6.92 Å². The van der Waals surface area contributed by atoms with E-state index in [1.165, 1.54) is 23.0 Å². The highest BCUT2D eigenvalue weighted by atomic mass is 19.4. The Bertz CT molecular complexity index is 1110. The first kappa shape index (κ1) is 28.0. The van der Waals surface area contributed by atoms with E-state index in [0.717, 1.165) is 55.4 Å². The van der Waals surface area contributed by atoms with Crippen LogP contribution >= 0.6 is 0 Å². The zero-order valence-electron chi connectivity index (χ0n) is 22.5. The molecule has 1 saturated carbocycles. The van der Waals surface area contributed by atoms with Gasteiger partial charge in [-0.15, -0.1) is 0 Å². The van der Waals surface area contributed by atoms with Crippen LogP contribution in [0.2, 0.25) is 0 Å². The summed E-state index contributed by atoms with van der Waals surface area (Å²) in [5, 5.41) is 0. The van der Waals surface area contributed by atoms with E-state index in [1.54, 1.807) is 13.8 Å². The number of benzene rings is 1. The molecule has 2 aliphatic carbocycles. The molecule has 3 aliphatic rings. The van der Waals surface area contributed by atoms with E-state index < -0.39 is 30.0 Å².